The summed E-state index contributed by atoms with van der Waals surface area (Å²) in [5.41, 5.74) is 2.14. The summed E-state index contributed by atoms with van der Waals surface area (Å²) in [4.78, 5) is 11.6. The van der Waals surface area contributed by atoms with Crippen LogP contribution in [0.15, 0.2) is 24.3 Å². The normalized spacial score (nSPS) is 9.90. The van der Waals surface area contributed by atoms with Crippen LogP contribution in [0, 0.1) is 0 Å². The zero-order chi connectivity index (χ0) is 13.9. The van der Waals surface area contributed by atoms with E-state index >= 15 is 0 Å². The van der Waals surface area contributed by atoms with Gasteiger partial charge in [-0.15, -0.1) is 12.4 Å². The molecule has 0 unspecified atom stereocenters. The number of methoxy groups -OCH3 is 1. The third-order valence-electron chi connectivity index (χ3n) is 2.60. The van der Waals surface area contributed by atoms with Gasteiger partial charge in [0.1, 0.15) is 0 Å². The van der Waals surface area contributed by atoms with Gasteiger partial charge in [0.05, 0.1) is 13.2 Å². The van der Waals surface area contributed by atoms with Crippen LogP contribution in [0.2, 0.25) is 0 Å². The Hall–Kier alpha value is -0.750. The maximum atomic E-state index is 11.6. The topological polar surface area (TPSA) is 50.4 Å². The number of carbonyl (C=O) groups is 1. The molecule has 6 heteroatoms. The van der Waals surface area contributed by atoms with Crippen LogP contribution in [0.4, 0.5) is 5.69 Å². The average Bonchev–Trinajstić information content (AvgIpc) is 2.43. The zero-order valence-corrected chi connectivity index (χ0v) is 13.6. The summed E-state index contributed by atoms with van der Waals surface area (Å²) in [6, 6.07) is 8.01. The Labute approximate surface area is 131 Å². The number of halogens is 1. The van der Waals surface area contributed by atoms with Gasteiger partial charge in [0.15, 0.2) is 0 Å². The molecular formula is C14H23ClN2O2S. The molecule has 0 heterocycles. The highest BCUT2D eigenvalue weighted by atomic mass is 35.5. The van der Waals surface area contributed by atoms with Gasteiger partial charge < -0.3 is 15.4 Å². The second-order valence-electron chi connectivity index (χ2n) is 4.16. The van der Waals surface area contributed by atoms with Crippen molar-refractivity contribution in [2.24, 2.45) is 0 Å². The first kappa shape index (κ1) is 19.2. The van der Waals surface area contributed by atoms with E-state index in [1.54, 1.807) is 7.11 Å². The SMILES string of the molecule is COCCNCC(=O)Nc1ccc(CCSC)cc1.Cl. The molecular weight excluding hydrogens is 296 g/mol. The van der Waals surface area contributed by atoms with E-state index in [-0.39, 0.29) is 18.3 Å². The Kier molecular flexibility index (Phi) is 11.6. The van der Waals surface area contributed by atoms with Crippen molar-refractivity contribution in [1.82, 2.24) is 5.32 Å². The third-order valence-corrected chi connectivity index (χ3v) is 3.21. The van der Waals surface area contributed by atoms with E-state index in [1.165, 1.54) is 5.56 Å². The van der Waals surface area contributed by atoms with Gasteiger partial charge in [0.2, 0.25) is 5.91 Å². The molecule has 0 radical (unpaired) electrons. The molecule has 0 aromatic heterocycles. The third kappa shape index (κ3) is 8.43. The van der Waals surface area contributed by atoms with Crippen LogP contribution in [0.25, 0.3) is 0 Å². The van der Waals surface area contributed by atoms with Crippen LogP contribution >= 0.6 is 24.2 Å². The molecule has 4 nitrogen and oxygen atoms in total. The minimum atomic E-state index is -0.0343. The van der Waals surface area contributed by atoms with Crippen molar-refractivity contribution in [3.8, 4) is 0 Å². The molecule has 0 saturated heterocycles. The largest absolute Gasteiger partial charge is 0.383 e. The van der Waals surface area contributed by atoms with Gasteiger partial charge in [-0.3, -0.25) is 4.79 Å². The molecule has 0 spiro atoms. The monoisotopic (exact) mass is 318 g/mol. The van der Waals surface area contributed by atoms with E-state index in [0.29, 0.717) is 19.7 Å². The van der Waals surface area contributed by atoms with Gasteiger partial charge in [-0.1, -0.05) is 12.1 Å². The summed E-state index contributed by atoms with van der Waals surface area (Å²) in [7, 11) is 1.64. The summed E-state index contributed by atoms with van der Waals surface area (Å²) < 4.78 is 4.89. The first-order valence-electron chi connectivity index (χ1n) is 6.33. The molecule has 0 aliphatic rings. The van der Waals surface area contributed by atoms with Crippen molar-refractivity contribution in [2.75, 3.05) is 44.1 Å². The van der Waals surface area contributed by atoms with Gasteiger partial charge in [0.25, 0.3) is 0 Å². The molecule has 1 aromatic carbocycles. The highest BCUT2D eigenvalue weighted by molar-refractivity contribution is 7.98. The second-order valence-corrected chi connectivity index (χ2v) is 5.14. The highest BCUT2D eigenvalue weighted by Gasteiger charge is 2.01. The van der Waals surface area contributed by atoms with Crippen LogP contribution in [0.1, 0.15) is 5.56 Å². The maximum absolute atomic E-state index is 11.6. The Balaban J connectivity index is 0.00000361. The number of thioether (sulfide) groups is 1. The number of ether oxygens (including phenoxy) is 1. The number of hydrogen-bond acceptors (Lipinski definition) is 4. The number of carbonyl (C=O) groups excluding carboxylic acids is 1. The van der Waals surface area contributed by atoms with Crippen LogP contribution in [0.3, 0.4) is 0 Å². The molecule has 0 aliphatic heterocycles. The number of hydrogen-bond donors (Lipinski definition) is 2. The Morgan fingerprint density at radius 1 is 1.30 bits per heavy atom. The quantitative estimate of drug-likeness (QED) is 0.685. The van der Waals surface area contributed by atoms with Crippen LogP contribution in [0.5, 0.6) is 0 Å². The van der Waals surface area contributed by atoms with Gasteiger partial charge in [-0.25, -0.2) is 0 Å². The molecule has 0 bridgehead atoms. The van der Waals surface area contributed by atoms with Crippen molar-refractivity contribution in [3.63, 3.8) is 0 Å². The van der Waals surface area contributed by atoms with Gasteiger partial charge >= 0.3 is 0 Å². The van der Waals surface area contributed by atoms with Crippen molar-refractivity contribution in [2.45, 2.75) is 6.42 Å². The number of rotatable bonds is 9. The molecule has 1 amide bonds. The summed E-state index contributed by atoms with van der Waals surface area (Å²) in [6.07, 6.45) is 3.17. The summed E-state index contributed by atoms with van der Waals surface area (Å²) in [5.74, 6) is 1.09. The number of nitrogens with one attached hydrogen (secondary N) is 2. The second kappa shape index (κ2) is 12.0. The lowest BCUT2D eigenvalue weighted by Gasteiger charge is -2.07. The van der Waals surface area contributed by atoms with E-state index in [9.17, 15) is 4.79 Å². The van der Waals surface area contributed by atoms with Crippen molar-refractivity contribution in [1.29, 1.82) is 0 Å². The molecule has 0 saturated carbocycles. The highest BCUT2D eigenvalue weighted by Crippen LogP contribution is 2.11. The predicted octanol–water partition coefficient (Wildman–Crippen LogP) is 2.19. The molecule has 2 N–H and O–H groups in total. The number of aryl methyl sites for hydroxylation is 1. The summed E-state index contributed by atoms with van der Waals surface area (Å²) >= 11 is 1.84. The fraction of sp³-hybridized carbons (Fsp3) is 0.500. The molecule has 20 heavy (non-hydrogen) atoms. The number of anilines is 1. The standard InChI is InChI=1S/C14H22N2O2S.ClH/c1-18-9-8-15-11-14(17)16-13-5-3-12(4-6-13)7-10-19-2;/h3-6,15H,7-11H2,1-2H3,(H,16,17);1H. The average molecular weight is 319 g/mol. The lowest BCUT2D eigenvalue weighted by atomic mass is 10.1. The minimum absolute atomic E-state index is 0. The number of benzene rings is 1. The Bertz CT molecular complexity index is 374. The van der Waals surface area contributed by atoms with Gasteiger partial charge in [-0.2, -0.15) is 11.8 Å². The minimum Gasteiger partial charge on any atom is -0.383 e. The summed E-state index contributed by atoms with van der Waals surface area (Å²) in [5, 5.41) is 5.86. The molecule has 1 aromatic rings. The molecule has 0 aliphatic carbocycles. The Morgan fingerprint density at radius 2 is 2.00 bits per heavy atom. The van der Waals surface area contributed by atoms with Crippen LogP contribution in [-0.2, 0) is 16.0 Å². The molecule has 1 rings (SSSR count). The zero-order valence-electron chi connectivity index (χ0n) is 12.0. The van der Waals surface area contributed by atoms with E-state index < -0.39 is 0 Å². The first-order valence-corrected chi connectivity index (χ1v) is 7.73. The van der Waals surface area contributed by atoms with E-state index in [2.05, 4.69) is 29.0 Å². The van der Waals surface area contributed by atoms with Crippen molar-refractivity contribution >= 4 is 35.8 Å². The van der Waals surface area contributed by atoms with Gasteiger partial charge in [-0.05, 0) is 36.1 Å². The lowest BCUT2D eigenvalue weighted by Crippen LogP contribution is -2.30. The Morgan fingerprint density at radius 3 is 2.60 bits per heavy atom. The fourth-order valence-electron chi connectivity index (χ4n) is 1.56. The van der Waals surface area contributed by atoms with Crippen molar-refractivity contribution < 1.29 is 9.53 Å². The van der Waals surface area contributed by atoms with E-state index in [0.717, 1.165) is 17.9 Å². The van der Waals surface area contributed by atoms with Crippen LogP contribution < -0.4 is 10.6 Å². The molecule has 114 valence electrons. The fourth-order valence-corrected chi connectivity index (χ4v) is 2.00. The predicted molar refractivity (Wildman–Crippen MR) is 89.2 cm³/mol. The molecule has 0 atom stereocenters. The van der Waals surface area contributed by atoms with E-state index in [1.807, 2.05) is 23.9 Å². The maximum Gasteiger partial charge on any atom is 0.238 e. The van der Waals surface area contributed by atoms with Crippen molar-refractivity contribution in [3.05, 3.63) is 29.8 Å². The van der Waals surface area contributed by atoms with E-state index in [4.69, 9.17) is 4.74 Å². The molecule has 0 fully saturated rings. The van der Waals surface area contributed by atoms with Gasteiger partial charge in [0, 0.05) is 19.3 Å². The number of amides is 1. The van der Waals surface area contributed by atoms with Crippen LogP contribution in [-0.4, -0.2) is 44.7 Å². The smallest absolute Gasteiger partial charge is 0.238 e. The first-order chi connectivity index (χ1) is 9.26. The lowest BCUT2D eigenvalue weighted by molar-refractivity contribution is -0.115. The summed E-state index contributed by atoms with van der Waals surface area (Å²) in [6.45, 7) is 1.59.